The zero-order valence-electron chi connectivity index (χ0n) is 21.7. The molecule has 4 rings (SSSR count). The van der Waals surface area contributed by atoms with Crippen LogP contribution >= 0.6 is 22.9 Å². The maximum Gasteiger partial charge on any atom is 0.257 e. The van der Waals surface area contributed by atoms with Gasteiger partial charge in [-0.15, -0.1) is 11.3 Å². The molecule has 4 aromatic rings. The molecule has 0 aliphatic carbocycles. The summed E-state index contributed by atoms with van der Waals surface area (Å²) in [7, 11) is 4.83. The number of halogens is 1. The maximum atomic E-state index is 13.1. The number of methoxy groups -OCH3 is 2. The maximum absolute atomic E-state index is 13.1. The summed E-state index contributed by atoms with van der Waals surface area (Å²) in [6.07, 6.45) is 0.647. The number of aliphatic hydroxyl groups is 1. The molecule has 206 valence electrons. The molecule has 0 bridgehead atoms. The normalized spacial score (nSPS) is 11.8. The number of nitrogens with zero attached hydrogens (tertiary/aromatic N) is 1. The molecule has 1 atom stereocenters. The number of hydrogen-bond acceptors (Lipinski definition) is 8. The van der Waals surface area contributed by atoms with Gasteiger partial charge < -0.3 is 33.9 Å². The molecule has 0 aliphatic rings. The molecule has 2 N–H and O–H groups in total. The van der Waals surface area contributed by atoms with E-state index in [0.717, 1.165) is 15.3 Å². The van der Waals surface area contributed by atoms with E-state index in [2.05, 4.69) is 5.32 Å². The van der Waals surface area contributed by atoms with Gasteiger partial charge in [0.25, 0.3) is 5.91 Å². The van der Waals surface area contributed by atoms with Gasteiger partial charge in [0, 0.05) is 29.7 Å². The number of carbonyl (C=O) groups is 1. The highest BCUT2D eigenvalue weighted by Crippen LogP contribution is 2.36. The van der Waals surface area contributed by atoms with Crippen molar-refractivity contribution in [1.82, 2.24) is 9.88 Å². The smallest absolute Gasteiger partial charge is 0.257 e. The first-order valence-electron chi connectivity index (χ1n) is 12.0. The monoisotopic (exact) mass is 572 g/mol. The van der Waals surface area contributed by atoms with Crippen LogP contribution < -0.4 is 25.0 Å². The number of para-hydroxylation sites is 1. The molecule has 2 heterocycles. The van der Waals surface area contributed by atoms with Gasteiger partial charge in [-0.25, -0.2) is 0 Å². The van der Waals surface area contributed by atoms with Crippen LogP contribution in [0, 0.1) is 0 Å². The molecule has 0 unspecified atom stereocenters. The van der Waals surface area contributed by atoms with Gasteiger partial charge in [0.05, 0.1) is 32.8 Å². The minimum absolute atomic E-state index is 0.00982. The molecule has 0 fully saturated rings. The Bertz CT molecular complexity index is 1500. The van der Waals surface area contributed by atoms with Crippen LogP contribution in [0.25, 0.3) is 10.2 Å². The molecule has 0 saturated heterocycles. The summed E-state index contributed by atoms with van der Waals surface area (Å²) in [5.74, 6) is 0.965. The number of aryl methyl sites for hydroxylation is 1. The number of carbonyl (C=O) groups excluding carboxylic acids is 1. The summed E-state index contributed by atoms with van der Waals surface area (Å²) in [5.41, 5.74) is 0.584. The van der Waals surface area contributed by atoms with E-state index >= 15 is 0 Å². The van der Waals surface area contributed by atoms with Gasteiger partial charge in [-0.1, -0.05) is 29.8 Å². The van der Waals surface area contributed by atoms with E-state index in [1.165, 1.54) is 31.8 Å². The molecule has 1 amide bonds. The molecule has 0 saturated carbocycles. The molecule has 11 heteroatoms. The number of ether oxygens (including phenoxy) is 4. The number of amides is 1. The molecule has 2 aromatic carbocycles. The highest BCUT2D eigenvalue weighted by Gasteiger charge is 2.18. The van der Waals surface area contributed by atoms with E-state index in [1.54, 1.807) is 48.0 Å². The zero-order valence-corrected chi connectivity index (χ0v) is 23.3. The van der Waals surface area contributed by atoms with Crippen molar-refractivity contribution < 1.29 is 28.8 Å². The van der Waals surface area contributed by atoms with Gasteiger partial charge in [-0.2, -0.15) is 0 Å². The van der Waals surface area contributed by atoms with Crippen LogP contribution in [0.4, 0.5) is 0 Å². The molecule has 0 spiro atoms. The Morgan fingerprint density at radius 3 is 2.56 bits per heavy atom. The average molecular weight is 573 g/mol. The molecule has 0 aliphatic heterocycles. The Hall–Kier alpha value is -3.57. The fourth-order valence-corrected chi connectivity index (χ4v) is 5.08. The van der Waals surface area contributed by atoms with Crippen LogP contribution in [-0.4, -0.2) is 49.1 Å². The summed E-state index contributed by atoms with van der Waals surface area (Å²) in [6, 6.07) is 14.1. The van der Waals surface area contributed by atoms with Gasteiger partial charge in [0.2, 0.25) is 11.2 Å². The number of rotatable bonds is 12. The Morgan fingerprint density at radius 1 is 1.10 bits per heavy atom. The molecule has 0 radical (unpaired) electrons. The van der Waals surface area contributed by atoms with Crippen molar-refractivity contribution in [2.75, 3.05) is 27.4 Å². The van der Waals surface area contributed by atoms with E-state index in [0.29, 0.717) is 27.7 Å². The van der Waals surface area contributed by atoms with E-state index in [-0.39, 0.29) is 37.4 Å². The van der Waals surface area contributed by atoms with E-state index in [1.807, 2.05) is 12.1 Å². The first kappa shape index (κ1) is 28.4. The lowest BCUT2D eigenvalue weighted by Crippen LogP contribution is -2.29. The Kier molecular flexibility index (Phi) is 9.47. The SMILES string of the molecule is COc1cccc(OC[C@H](O)COCc2cc3c(=O)c(C(=O)NCc4ccc(Cl)cc4)cn(C)c3s2)c1OC. The van der Waals surface area contributed by atoms with Gasteiger partial charge in [0.15, 0.2) is 11.5 Å². The predicted molar refractivity (Wildman–Crippen MR) is 150 cm³/mol. The molecular weight excluding hydrogens is 544 g/mol. The molecule has 2 aromatic heterocycles. The Balaban J connectivity index is 1.35. The van der Waals surface area contributed by atoms with Gasteiger partial charge >= 0.3 is 0 Å². The van der Waals surface area contributed by atoms with Crippen LogP contribution in [0.15, 0.2) is 59.5 Å². The second kappa shape index (κ2) is 13.0. The van der Waals surface area contributed by atoms with E-state index in [9.17, 15) is 14.7 Å². The number of benzene rings is 2. The molecular formula is C28H29ClN2O7S. The lowest BCUT2D eigenvalue weighted by Gasteiger charge is -2.16. The second-order valence-corrected chi connectivity index (χ2v) is 10.2. The summed E-state index contributed by atoms with van der Waals surface area (Å²) in [5, 5.41) is 14.2. The van der Waals surface area contributed by atoms with Crippen molar-refractivity contribution in [1.29, 1.82) is 0 Å². The molecule has 9 nitrogen and oxygen atoms in total. The highest BCUT2D eigenvalue weighted by molar-refractivity contribution is 7.18. The number of nitrogens with one attached hydrogen (secondary N) is 1. The minimum Gasteiger partial charge on any atom is -0.493 e. The molecule has 39 heavy (non-hydrogen) atoms. The van der Waals surface area contributed by atoms with Gasteiger partial charge in [-0.05, 0) is 35.9 Å². The van der Waals surface area contributed by atoms with Crippen LogP contribution in [0.5, 0.6) is 17.2 Å². The van der Waals surface area contributed by atoms with Crippen molar-refractivity contribution in [3.63, 3.8) is 0 Å². The zero-order chi connectivity index (χ0) is 27.9. The number of hydrogen-bond donors (Lipinski definition) is 2. The van der Waals surface area contributed by atoms with Crippen LogP contribution in [0.1, 0.15) is 20.8 Å². The van der Waals surface area contributed by atoms with Crippen LogP contribution in [-0.2, 0) is 24.9 Å². The number of aromatic nitrogens is 1. The third-order valence-corrected chi connectivity index (χ3v) is 7.31. The fourth-order valence-electron chi connectivity index (χ4n) is 3.93. The van der Waals surface area contributed by atoms with Crippen LogP contribution in [0.2, 0.25) is 5.02 Å². The number of aliphatic hydroxyl groups excluding tert-OH is 1. The Morgan fingerprint density at radius 2 is 1.85 bits per heavy atom. The topological polar surface area (TPSA) is 108 Å². The summed E-state index contributed by atoms with van der Waals surface area (Å²) >= 11 is 7.30. The van der Waals surface area contributed by atoms with Crippen molar-refractivity contribution in [2.45, 2.75) is 19.3 Å². The number of pyridine rings is 1. The van der Waals surface area contributed by atoms with E-state index in [4.69, 9.17) is 30.5 Å². The van der Waals surface area contributed by atoms with E-state index < -0.39 is 12.0 Å². The standard InChI is InChI=1S/C28H29ClN2O7S/c1-31-13-22(27(34)30-12-17-7-9-18(29)10-8-17)25(33)21-11-20(39-28(21)31)16-37-14-19(32)15-38-24-6-4-5-23(35-2)26(24)36-3/h4-11,13,19,32H,12,14-16H2,1-3H3,(H,30,34)/t19-/m1/s1. The Labute approximate surface area is 234 Å². The van der Waals surface area contributed by atoms with Crippen LogP contribution in [0.3, 0.4) is 0 Å². The third-order valence-electron chi connectivity index (χ3n) is 5.86. The minimum atomic E-state index is -0.891. The highest BCUT2D eigenvalue weighted by atomic mass is 35.5. The van der Waals surface area contributed by atoms with Gasteiger partial charge in [-0.3, -0.25) is 9.59 Å². The summed E-state index contributed by atoms with van der Waals surface area (Å²) < 4.78 is 23.7. The quantitative estimate of drug-likeness (QED) is 0.262. The average Bonchev–Trinajstić information content (AvgIpc) is 3.38. The first-order valence-corrected chi connectivity index (χ1v) is 13.2. The lowest BCUT2D eigenvalue weighted by atomic mass is 10.2. The predicted octanol–water partition coefficient (Wildman–Crippen LogP) is 4.16. The van der Waals surface area contributed by atoms with Crippen molar-refractivity contribution in [2.24, 2.45) is 7.05 Å². The number of thiophene rings is 1. The van der Waals surface area contributed by atoms with Crippen molar-refractivity contribution in [3.8, 4) is 17.2 Å². The first-order chi connectivity index (χ1) is 18.8. The van der Waals surface area contributed by atoms with Gasteiger partial charge in [0.1, 0.15) is 23.1 Å². The third kappa shape index (κ3) is 6.90. The summed E-state index contributed by atoms with van der Waals surface area (Å²) in [6.45, 7) is 0.478. The lowest BCUT2D eigenvalue weighted by molar-refractivity contribution is 0.00580. The number of fused-ring (bicyclic) bond motifs is 1. The van der Waals surface area contributed by atoms with Crippen molar-refractivity contribution in [3.05, 3.63) is 86.0 Å². The summed E-state index contributed by atoms with van der Waals surface area (Å²) in [4.78, 5) is 27.4. The second-order valence-electron chi connectivity index (χ2n) is 8.70. The van der Waals surface area contributed by atoms with Crippen molar-refractivity contribution >= 4 is 39.1 Å². The fraction of sp³-hybridized carbons (Fsp3) is 0.286. The largest absolute Gasteiger partial charge is 0.493 e.